The van der Waals surface area contributed by atoms with Gasteiger partial charge in [0.15, 0.2) is 0 Å². The second-order valence-electron chi connectivity index (χ2n) is 8.71. The van der Waals surface area contributed by atoms with Crippen LogP contribution in [0, 0.1) is 27.7 Å². The van der Waals surface area contributed by atoms with Crippen molar-refractivity contribution in [3.05, 3.63) is 94.2 Å². The minimum absolute atomic E-state index is 0.277. The van der Waals surface area contributed by atoms with E-state index in [0.29, 0.717) is 23.4 Å². The second-order valence-corrected chi connectivity index (χ2v) is 8.71. The molecule has 0 radical (unpaired) electrons. The van der Waals surface area contributed by atoms with E-state index >= 15 is 0 Å². The van der Waals surface area contributed by atoms with E-state index in [-0.39, 0.29) is 17.5 Å². The summed E-state index contributed by atoms with van der Waals surface area (Å²) in [4.78, 5) is 28.6. The number of rotatable bonds is 7. The number of hydrogen-bond acceptors (Lipinski definition) is 4. The Morgan fingerprint density at radius 2 is 1.56 bits per heavy atom. The molecule has 5 heteroatoms. The monoisotopic (exact) mass is 454 g/mol. The molecule has 0 saturated heterocycles. The first kappa shape index (κ1) is 23.3. The predicted octanol–water partition coefficient (Wildman–Crippen LogP) is 6.11. The van der Waals surface area contributed by atoms with Crippen molar-refractivity contribution in [3.8, 4) is 5.75 Å². The molecular weight excluding hydrogens is 424 g/mol. The molecule has 3 aromatic carbocycles. The van der Waals surface area contributed by atoms with Gasteiger partial charge in [-0.3, -0.25) is 9.59 Å². The number of anilines is 2. The fraction of sp³-hybridized carbons (Fsp3) is 0.241. The molecule has 3 aromatic rings. The highest BCUT2D eigenvalue weighted by atomic mass is 16.5. The first-order valence-corrected chi connectivity index (χ1v) is 11.6. The highest BCUT2D eigenvalue weighted by molar-refractivity contribution is 6.46. The van der Waals surface area contributed by atoms with E-state index in [9.17, 15) is 9.59 Å². The first-order chi connectivity index (χ1) is 16.3. The predicted molar refractivity (Wildman–Crippen MR) is 137 cm³/mol. The molecule has 5 nitrogen and oxygen atoms in total. The normalized spacial score (nSPS) is 13.6. The van der Waals surface area contributed by atoms with E-state index in [0.717, 1.165) is 40.1 Å². The molecular formula is C29H30N2O3. The van der Waals surface area contributed by atoms with Gasteiger partial charge in [-0.1, -0.05) is 37.3 Å². The van der Waals surface area contributed by atoms with Crippen molar-refractivity contribution in [2.75, 3.05) is 16.8 Å². The summed E-state index contributed by atoms with van der Waals surface area (Å²) in [7, 11) is 0. The van der Waals surface area contributed by atoms with E-state index in [1.165, 1.54) is 4.90 Å². The van der Waals surface area contributed by atoms with Crippen LogP contribution in [-0.4, -0.2) is 18.4 Å². The number of imide groups is 1. The summed E-state index contributed by atoms with van der Waals surface area (Å²) in [6, 6.07) is 18.9. The van der Waals surface area contributed by atoms with E-state index in [1.807, 2.05) is 88.4 Å². The third kappa shape index (κ3) is 4.34. The lowest BCUT2D eigenvalue weighted by Crippen LogP contribution is -2.32. The number of carbonyl (C=O) groups excluding carboxylic acids is 2. The van der Waals surface area contributed by atoms with Gasteiger partial charge in [-0.15, -0.1) is 0 Å². The molecule has 0 unspecified atom stereocenters. The van der Waals surface area contributed by atoms with E-state index in [2.05, 4.69) is 12.2 Å². The number of carbonyl (C=O) groups is 2. The van der Waals surface area contributed by atoms with Gasteiger partial charge in [-0.2, -0.15) is 0 Å². The molecule has 174 valence electrons. The Labute approximate surface area is 201 Å². The number of nitrogens with zero attached hydrogens (tertiary/aromatic N) is 1. The third-order valence-electron chi connectivity index (χ3n) is 6.31. The second kappa shape index (κ2) is 9.56. The van der Waals surface area contributed by atoms with Crippen molar-refractivity contribution in [1.29, 1.82) is 0 Å². The van der Waals surface area contributed by atoms with Gasteiger partial charge >= 0.3 is 0 Å². The Morgan fingerprint density at radius 3 is 2.24 bits per heavy atom. The third-order valence-corrected chi connectivity index (χ3v) is 6.31. The summed E-state index contributed by atoms with van der Waals surface area (Å²) in [6.07, 6.45) is 0.911. The highest BCUT2D eigenvalue weighted by Crippen LogP contribution is 2.35. The molecule has 0 bridgehead atoms. The summed E-state index contributed by atoms with van der Waals surface area (Å²) in [5.41, 5.74) is 6.93. The van der Waals surface area contributed by atoms with Crippen LogP contribution in [0.25, 0.3) is 5.57 Å². The molecule has 0 saturated carbocycles. The zero-order valence-electron chi connectivity index (χ0n) is 20.4. The largest absolute Gasteiger partial charge is 0.494 e. The average molecular weight is 455 g/mol. The van der Waals surface area contributed by atoms with Crippen LogP contribution >= 0.6 is 0 Å². The molecule has 1 heterocycles. The minimum Gasteiger partial charge on any atom is -0.494 e. The lowest BCUT2D eigenvalue weighted by Gasteiger charge is -2.17. The van der Waals surface area contributed by atoms with Crippen LogP contribution < -0.4 is 15.0 Å². The fourth-order valence-electron chi connectivity index (χ4n) is 3.97. The molecule has 4 rings (SSSR count). The van der Waals surface area contributed by atoms with Gasteiger partial charge in [0.2, 0.25) is 0 Å². The molecule has 0 aromatic heterocycles. The van der Waals surface area contributed by atoms with Crippen LogP contribution in [0.2, 0.25) is 0 Å². The average Bonchev–Trinajstić information content (AvgIpc) is 3.07. The van der Waals surface area contributed by atoms with Crippen LogP contribution in [0.15, 0.2) is 66.4 Å². The van der Waals surface area contributed by atoms with Gasteiger partial charge in [-0.05, 0) is 92.3 Å². The lowest BCUT2D eigenvalue weighted by molar-refractivity contribution is -0.120. The van der Waals surface area contributed by atoms with Gasteiger partial charge in [0.1, 0.15) is 11.4 Å². The number of ether oxygens (including phenoxy) is 1. The summed E-state index contributed by atoms with van der Waals surface area (Å²) < 4.78 is 5.69. The van der Waals surface area contributed by atoms with Gasteiger partial charge < -0.3 is 10.1 Å². The Morgan fingerprint density at radius 1 is 0.824 bits per heavy atom. The maximum Gasteiger partial charge on any atom is 0.282 e. The molecule has 0 fully saturated rings. The molecule has 0 atom stereocenters. The Kier molecular flexibility index (Phi) is 6.55. The molecule has 1 aliphatic heterocycles. The number of hydrogen-bond donors (Lipinski definition) is 1. The van der Waals surface area contributed by atoms with Crippen molar-refractivity contribution in [1.82, 2.24) is 0 Å². The van der Waals surface area contributed by atoms with E-state index < -0.39 is 0 Å². The van der Waals surface area contributed by atoms with Crippen molar-refractivity contribution < 1.29 is 14.3 Å². The summed E-state index contributed by atoms with van der Waals surface area (Å²) in [5, 5.41) is 3.29. The quantitative estimate of drug-likeness (QED) is 0.438. The number of aryl methyl sites for hydroxylation is 3. The molecule has 0 aliphatic carbocycles. The lowest BCUT2D eigenvalue weighted by atomic mass is 10.0. The maximum absolute atomic E-state index is 13.7. The smallest absolute Gasteiger partial charge is 0.282 e. The van der Waals surface area contributed by atoms with Crippen molar-refractivity contribution in [3.63, 3.8) is 0 Å². The molecule has 2 amide bonds. The van der Waals surface area contributed by atoms with Crippen molar-refractivity contribution in [2.45, 2.75) is 41.0 Å². The van der Waals surface area contributed by atoms with Crippen LogP contribution in [-0.2, 0) is 9.59 Å². The first-order valence-electron chi connectivity index (χ1n) is 11.6. The topological polar surface area (TPSA) is 58.6 Å². The van der Waals surface area contributed by atoms with Gasteiger partial charge in [0.25, 0.3) is 11.8 Å². The van der Waals surface area contributed by atoms with E-state index in [1.54, 1.807) is 0 Å². The molecule has 1 aliphatic rings. The zero-order valence-corrected chi connectivity index (χ0v) is 20.4. The Hall–Kier alpha value is -3.86. The van der Waals surface area contributed by atoms with E-state index in [4.69, 9.17) is 4.74 Å². The SMILES string of the molecule is CCCOc1ccc(C2=C(Nc3cccc(C)c3C)C(=O)N(c3ccc(C)c(C)c3)C2=O)cc1. The van der Waals surface area contributed by atoms with Gasteiger partial charge in [0.05, 0.1) is 17.9 Å². The Bertz CT molecular complexity index is 1290. The highest BCUT2D eigenvalue weighted by Gasteiger charge is 2.40. The van der Waals surface area contributed by atoms with Crippen LogP contribution in [0.1, 0.15) is 41.2 Å². The van der Waals surface area contributed by atoms with Crippen LogP contribution in [0.3, 0.4) is 0 Å². The molecule has 0 spiro atoms. The zero-order chi connectivity index (χ0) is 24.4. The standard InChI is InChI=1S/C29H30N2O3/c1-6-16-34-24-14-11-22(12-15-24)26-27(30-25-9-7-8-19(3)21(25)5)29(33)31(28(26)32)23-13-10-18(2)20(4)17-23/h7-15,17,30H,6,16H2,1-5H3. The molecule has 34 heavy (non-hydrogen) atoms. The van der Waals surface area contributed by atoms with Crippen molar-refractivity contribution >= 4 is 28.8 Å². The number of amides is 2. The van der Waals surface area contributed by atoms with Crippen LogP contribution in [0.4, 0.5) is 11.4 Å². The molecule has 1 N–H and O–H groups in total. The van der Waals surface area contributed by atoms with Crippen molar-refractivity contribution in [2.24, 2.45) is 0 Å². The maximum atomic E-state index is 13.7. The minimum atomic E-state index is -0.365. The fourth-order valence-corrected chi connectivity index (χ4v) is 3.97. The number of benzene rings is 3. The number of nitrogens with one attached hydrogen (secondary N) is 1. The van der Waals surface area contributed by atoms with Gasteiger partial charge in [-0.25, -0.2) is 4.90 Å². The summed E-state index contributed by atoms with van der Waals surface area (Å²) in [6.45, 7) is 10.7. The Balaban J connectivity index is 1.80. The summed E-state index contributed by atoms with van der Waals surface area (Å²) in [5.74, 6) is 0.0248. The van der Waals surface area contributed by atoms with Crippen LogP contribution in [0.5, 0.6) is 5.75 Å². The van der Waals surface area contributed by atoms with Gasteiger partial charge in [0, 0.05) is 5.69 Å². The summed E-state index contributed by atoms with van der Waals surface area (Å²) >= 11 is 0.